The number of nitrogens with zero attached hydrogens (tertiary/aromatic N) is 2. The minimum atomic E-state index is 0.693. The van der Waals surface area contributed by atoms with Crippen molar-refractivity contribution in [3.8, 4) is 0 Å². The van der Waals surface area contributed by atoms with Gasteiger partial charge in [-0.15, -0.1) is 0 Å². The molecule has 2 unspecified atom stereocenters. The summed E-state index contributed by atoms with van der Waals surface area (Å²) in [5.74, 6) is 1.94. The first-order chi connectivity index (χ1) is 9.61. The van der Waals surface area contributed by atoms with Gasteiger partial charge in [-0.05, 0) is 50.4 Å². The fourth-order valence-corrected chi connectivity index (χ4v) is 3.24. The van der Waals surface area contributed by atoms with Crippen LogP contribution in [0, 0.1) is 5.92 Å². The van der Waals surface area contributed by atoms with Gasteiger partial charge in [0.2, 0.25) is 0 Å². The highest BCUT2D eigenvalue weighted by Crippen LogP contribution is 2.22. The van der Waals surface area contributed by atoms with Crippen LogP contribution in [0.15, 0.2) is 18.2 Å². The predicted molar refractivity (Wildman–Crippen MR) is 83.6 cm³/mol. The molecule has 0 aliphatic carbocycles. The van der Waals surface area contributed by atoms with Gasteiger partial charge in [0.1, 0.15) is 5.82 Å². The summed E-state index contributed by atoms with van der Waals surface area (Å²) in [5, 5.41) is 0. The fraction of sp³-hybridized carbons (Fsp3) is 0.562. The van der Waals surface area contributed by atoms with Gasteiger partial charge >= 0.3 is 0 Å². The Morgan fingerprint density at radius 1 is 1.40 bits per heavy atom. The van der Waals surface area contributed by atoms with E-state index in [1.54, 1.807) is 0 Å². The van der Waals surface area contributed by atoms with Crippen LogP contribution in [0.4, 0.5) is 5.69 Å². The molecule has 3 rings (SSSR count). The smallest absolute Gasteiger partial charge is 0.108 e. The maximum absolute atomic E-state index is 5.80. The Labute approximate surface area is 120 Å². The molecular formula is C16H24N4. The van der Waals surface area contributed by atoms with E-state index in [-0.39, 0.29) is 0 Å². The SMILES string of the molecule is CC1CCN(CCc2nc3ccc(N)cc3[nH]2)C(C)C1. The number of benzene rings is 1. The van der Waals surface area contributed by atoms with E-state index < -0.39 is 0 Å². The Morgan fingerprint density at radius 3 is 3.05 bits per heavy atom. The van der Waals surface area contributed by atoms with Crippen LogP contribution < -0.4 is 5.73 Å². The molecule has 0 saturated carbocycles. The lowest BCUT2D eigenvalue weighted by Crippen LogP contribution is -2.41. The topological polar surface area (TPSA) is 57.9 Å². The number of likely N-dealkylation sites (tertiary alicyclic amines) is 1. The number of fused-ring (bicyclic) bond motifs is 1. The minimum Gasteiger partial charge on any atom is -0.399 e. The van der Waals surface area contributed by atoms with Gasteiger partial charge in [-0.25, -0.2) is 4.98 Å². The third-order valence-electron chi connectivity index (χ3n) is 4.47. The highest BCUT2D eigenvalue weighted by molar-refractivity contribution is 5.78. The van der Waals surface area contributed by atoms with Crippen LogP contribution in [0.25, 0.3) is 11.0 Å². The van der Waals surface area contributed by atoms with Crippen molar-refractivity contribution in [2.75, 3.05) is 18.8 Å². The molecule has 20 heavy (non-hydrogen) atoms. The lowest BCUT2D eigenvalue weighted by molar-refractivity contribution is 0.130. The van der Waals surface area contributed by atoms with Gasteiger partial charge in [0.15, 0.2) is 0 Å². The molecule has 1 aromatic carbocycles. The van der Waals surface area contributed by atoms with Crippen molar-refractivity contribution in [1.82, 2.24) is 14.9 Å². The number of hydrogen-bond acceptors (Lipinski definition) is 3. The third-order valence-corrected chi connectivity index (χ3v) is 4.47. The van der Waals surface area contributed by atoms with Gasteiger partial charge in [0.25, 0.3) is 0 Å². The largest absolute Gasteiger partial charge is 0.399 e. The van der Waals surface area contributed by atoms with Crippen molar-refractivity contribution in [2.24, 2.45) is 5.92 Å². The van der Waals surface area contributed by atoms with Crippen molar-refractivity contribution in [3.63, 3.8) is 0 Å². The number of nitrogens with two attached hydrogens (primary N) is 1. The maximum Gasteiger partial charge on any atom is 0.108 e. The van der Waals surface area contributed by atoms with Gasteiger partial charge in [0, 0.05) is 24.7 Å². The van der Waals surface area contributed by atoms with Crippen LogP contribution in [-0.4, -0.2) is 34.0 Å². The molecule has 1 fully saturated rings. The Kier molecular flexibility index (Phi) is 3.66. The molecule has 3 N–H and O–H groups in total. The van der Waals surface area contributed by atoms with Gasteiger partial charge in [-0.3, -0.25) is 0 Å². The molecule has 1 saturated heterocycles. The molecule has 2 aromatic rings. The summed E-state index contributed by atoms with van der Waals surface area (Å²) in [5.41, 5.74) is 8.63. The predicted octanol–water partition coefficient (Wildman–Crippen LogP) is 2.81. The number of rotatable bonds is 3. The van der Waals surface area contributed by atoms with Crippen molar-refractivity contribution in [3.05, 3.63) is 24.0 Å². The van der Waals surface area contributed by atoms with Gasteiger partial charge < -0.3 is 15.6 Å². The van der Waals surface area contributed by atoms with E-state index >= 15 is 0 Å². The monoisotopic (exact) mass is 272 g/mol. The highest BCUT2D eigenvalue weighted by Gasteiger charge is 2.22. The molecule has 4 heteroatoms. The van der Waals surface area contributed by atoms with Crippen LogP contribution in [-0.2, 0) is 6.42 Å². The molecular weight excluding hydrogens is 248 g/mol. The summed E-state index contributed by atoms with van der Waals surface area (Å²) in [7, 11) is 0. The number of anilines is 1. The quantitative estimate of drug-likeness (QED) is 0.845. The first-order valence-electron chi connectivity index (χ1n) is 7.60. The number of aromatic amines is 1. The molecule has 4 nitrogen and oxygen atoms in total. The summed E-state index contributed by atoms with van der Waals surface area (Å²) in [4.78, 5) is 10.6. The fourth-order valence-electron chi connectivity index (χ4n) is 3.24. The van der Waals surface area contributed by atoms with Crippen LogP contribution in [0.5, 0.6) is 0 Å². The number of nitrogens with one attached hydrogen (secondary N) is 1. The Morgan fingerprint density at radius 2 is 2.25 bits per heavy atom. The molecule has 108 valence electrons. The van der Waals surface area contributed by atoms with Gasteiger partial charge in [-0.1, -0.05) is 6.92 Å². The number of aromatic nitrogens is 2. The van der Waals surface area contributed by atoms with Crippen LogP contribution >= 0.6 is 0 Å². The molecule has 0 amide bonds. The minimum absolute atomic E-state index is 0.693. The Hall–Kier alpha value is -1.55. The van der Waals surface area contributed by atoms with Crippen LogP contribution in [0.1, 0.15) is 32.5 Å². The second-order valence-electron chi connectivity index (χ2n) is 6.22. The van der Waals surface area contributed by atoms with Crippen molar-refractivity contribution in [1.29, 1.82) is 0 Å². The second kappa shape index (κ2) is 5.44. The molecule has 1 aliphatic heterocycles. The molecule has 1 aliphatic rings. The highest BCUT2D eigenvalue weighted by atomic mass is 15.2. The maximum atomic E-state index is 5.80. The van der Waals surface area contributed by atoms with E-state index in [9.17, 15) is 0 Å². The van der Waals surface area contributed by atoms with E-state index in [4.69, 9.17) is 5.73 Å². The summed E-state index contributed by atoms with van der Waals surface area (Å²) in [6.45, 7) is 7.01. The van der Waals surface area contributed by atoms with E-state index in [1.807, 2.05) is 18.2 Å². The number of hydrogen-bond donors (Lipinski definition) is 2. The standard InChI is InChI=1S/C16H24N4/c1-11-5-7-20(12(2)9-11)8-6-16-18-14-4-3-13(17)10-15(14)19-16/h3-4,10-12H,5-9,17H2,1-2H3,(H,18,19). The van der Waals surface area contributed by atoms with E-state index in [2.05, 4.69) is 28.7 Å². The normalized spacial score (nSPS) is 24.3. The summed E-state index contributed by atoms with van der Waals surface area (Å²) >= 11 is 0. The van der Waals surface area contributed by atoms with E-state index in [0.717, 1.165) is 41.4 Å². The zero-order valence-corrected chi connectivity index (χ0v) is 12.4. The zero-order chi connectivity index (χ0) is 14.1. The zero-order valence-electron chi connectivity index (χ0n) is 12.4. The molecule has 0 spiro atoms. The first kappa shape index (κ1) is 13.4. The molecule has 2 heterocycles. The lowest BCUT2D eigenvalue weighted by Gasteiger charge is -2.36. The average molecular weight is 272 g/mol. The number of nitrogen functional groups attached to an aromatic ring is 1. The molecule has 0 bridgehead atoms. The van der Waals surface area contributed by atoms with E-state index in [1.165, 1.54) is 19.4 Å². The van der Waals surface area contributed by atoms with Crippen molar-refractivity contribution in [2.45, 2.75) is 39.2 Å². The number of piperidine rings is 1. The van der Waals surface area contributed by atoms with E-state index in [0.29, 0.717) is 6.04 Å². The summed E-state index contributed by atoms with van der Waals surface area (Å²) in [6, 6.07) is 6.53. The molecule has 2 atom stereocenters. The van der Waals surface area contributed by atoms with Crippen molar-refractivity contribution >= 4 is 16.7 Å². The molecule has 1 aromatic heterocycles. The third kappa shape index (κ3) is 2.80. The van der Waals surface area contributed by atoms with Gasteiger partial charge in [-0.2, -0.15) is 0 Å². The first-order valence-corrected chi connectivity index (χ1v) is 7.60. The Balaban J connectivity index is 1.65. The number of imidazole rings is 1. The summed E-state index contributed by atoms with van der Waals surface area (Å²) in [6.07, 6.45) is 3.62. The van der Waals surface area contributed by atoms with Crippen LogP contribution in [0.3, 0.4) is 0 Å². The Bertz CT molecular complexity index is 589. The molecule has 0 radical (unpaired) electrons. The second-order valence-corrected chi connectivity index (χ2v) is 6.22. The van der Waals surface area contributed by atoms with Gasteiger partial charge in [0.05, 0.1) is 11.0 Å². The van der Waals surface area contributed by atoms with Crippen LogP contribution in [0.2, 0.25) is 0 Å². The average Bonchev–Trinajstić information content (AvgIpc) is 2.79. The lowest BCUT2D eigenvalue weighted by atomic mass is 9.93. The summed E-state index contributed by atoms with van der Waals surface area (Å²) < 4.78 is 0. The number of H-pyrrole nitrogens is 1. The van der Waals surface area contributed by atoms with Crippen molar-refractivity contribution < 1.29 is 0 Å².